The highest BCUT2D eigenvalue weighted by molar-refractivity contribution is 5.67. The lowest BCUT2D eigenvalue weighted by atomic mass is 10.1. The van der Waals surface area contributed by atoms with Gasteiger partial charge in [0.1, 0.15) is 5.75 Å². The second-order valence-electron chi connectivity index (χ2n) is 3.23. The monoisotopic (exact) mass is 196 g/mol. The van der Waals surface area contributed by atoms with Gasteiger partial charge in [-0.15, -0.1) is 0 Å². The van der Waals surface area contributed by atoms with Gasteiger partial charge in [-0.3, -0.25) is 0 Å². The SMILES string of the molecule is C#[N+]c1ccc(-c2cccc(O)c2)cc1. The van der Waals surface area contributed by atoms with E-state index in [-0.39, 0.29) is 5.75 Å². The topological polar surface area (TPSA) is 24.6 Å². The third-order valence-electron chi connectivity index (χ3n) is 2.20. The summed E-state index contributed by atoms with van der Waals surface area (Å²) < 4.78 is 0. The summed E-state index contributed by atoms with van der Waals surface area (Å²) in [5, 5.41) is 9.34. The van der Waals surface area contributed by atoms with E-state index in [1.54, 1.807) is 12.1 Å². The Bertz CT molecular complexity index is 509. The zero-order valence-corrected chi connectivity index (χ0v) is 8.09. The molecule has 0 aliphatic carbocycles. The fourth-order valence-corrected chi connectivity index (χ4v) is 1.43. The van der Waals surface area contributed by atoms with E-state index in [2.05, 4.69) is 4.85 Å². The van der Waals surface area contributed by atoms with Crippen LogP contribution in [0.4, 0.5) is 5.69 Å². The largest absolute Gasteiger partial charge is 0.508 e. The summed E-state index contributed by atoms with van der Waals surface area (Å²) in [5.41, 5.74) is 2.73. The van der Waals surface area contributed by atoms with Crippen LogP contribution < -0.4 is 0 Å². The van der Waals surface area contributed by atoms with Gasteiger partial charge in [-0.25, -0.2) is 0 Å². The fraction of sp³-hybridized carbons (Fsp3) is 0. The van der Waals surface area contributed by atoms with Gasteiger partial charge in [-0.2, -0.15) is 0 Å². The van der Waals surface area contributed by atoms with Crippen molar-refractivity contribution in [3.63, 3.8) is 0 Å². The Hall–Kier alpha value is -2.27. The maximum absolute atomic E-state index is 9.34. The number of nitrogens with zero attached hydrogens (tertiary/aromatic N) is 1. The molecule has 2 heteroatoms. The molecule has 0 unspecified atom stereocenters. The van der Waals surface area contributed by atoms with Gasteiger partial charge >= 0.3 is 5.69 Å². The van der Waals surface area contributed by atoms with E-state index in [4.69, 9.17) is 6.57 Å². The number of phenols is 1. The first-order valence-electron chi connectivity index (χ1n) is 4.60. The molecular formula is C13H10NO+. The maximum atomic E-state index is 9.34. The van der Waals surface area contributed by atoms with E-state index in [0.29, 0.717) is 0 Å². The van der Waals surface area contributed by atoms with Crippen molar-refractivity contribution in [2.75, 3.05) is 0 Å². The number of rotatable bonds is 1. The van der Waals surface area contributed by atoms with E-state index in [9.17, 15) is 5.11 Å². The van der Waals surface area contributed by atoms with Crippen LogP contribution >= 0.6 is 0 Å². The highest BCUT2D eigenvalue weighted by Gasteiger charge is 2.02. The molecule has 0 atom stereocenters. The number of aromatic hydroxyl groups is 1. The summed E-state index contributed by atoms with van der Waals surface area (Å²) in [5.74, 6) is 0.264. The van der Waals surface area contributed by atoms with Gasteiger partial charge in [0.25, 0.3) is 6.57 Å². The normalized spacial score (nSPS) is 9.53. The molecule has 0 amide bonds. The zero-order chi connectivity index (χ0) is 10.7. The van der Waals surface area contributed by atoms with Gasteiger partial charge in [0.05, 0.1) is 0 Å². The van der Waals surface area contributed by atoms with Crippen LogP contribution in [0.15, 0.2) is 48.5 Å². The Labute approximate surface area is 88.3 Å². The summed E-state index contributed by atoms with van der Waals surface area (Å²) in [6, 6.07) is 14.6. The van der Waals surface area contributed by atoms with Crippen molar-refractivity contribution in [3.05, 3.63) is 53.4 Å². The molecule has 1 N–H and O–H groups in total. The minimum absolute atomic E-state index is 0.264. The molecule has 0 bridgehead atoms. The van der Waals surface area contributed by atoms with Crippen LogP contribution in [0.3, 0.4) is 0 Å². The van der Waals surface area contributed by atoms with Crippen molar-refractivity contribution >= 4 is 5.69 Å². The average Bonchev–Trinajstić information content (AvgIpc) is 2.29. The number of hydrogen-bond acceptors (Lipinski definition) is 1. The highest BCUT2D eigenvalue weighted by atomic mass is 16.3. The van der Waals surface area contributed by atoms with Crippen LogP contribution in [0.1, 0.15) is 0 Å². The first-order chi connectivity index (χ1) is 7.29. The van der Waals surface area contributed by atoms with Gasteiger partial charge < -0.3 is 5.11 Å². The van der Waals surface area contributed by atoms with E-state index < -0.39 is 0 Å². The van der Waals surface area contributed by atoms with Crippen LogP contribution in [-0.2, 0) is 0 Å². The molecular weight excluding hydrogens is 186 g/mol. The molecule has 0 aliphatic rings. The first kappa shape index (κ1) is 9.29. The Balaban J connectivity index is 2.42. The summed E-state index contributed by atoms with van der Waals surface area (Å²) in [6.45, 7) is 5.15. The van der Waals surface area contributed by atoms with Crippen molar-refractivity contribution in [1.29, 1.82) is 0 Å². The molecule has 0 saturated carbocycles. The fourth-order valence-electron chi connectivity index (χ4n) is 1.43. The van der Waals surface area contributed by atoms with Gasteiger partial charge in [0, 0.05) is 12.1 Å². The molecule has 2 aromatic rings. The molecule has 0 spiro atoms. The molecule has 0 aromatic heterocycles. The maximum Gasteiger partial charge on any atom is 0.339 e. The van der Waals surface area contributed by atoms with E-state index in [1.165, 1.54) is 0 Å². The molecule has 2 nitrogen and oxygen atoms in total. The van der Waals surface area contributed by atoms with E-state index in [0.717, 1.165) is 16.8 Å². The average molecular weight is 196 g/mol. The molecule has 0 radical (unpaired) electrons. The minimum Gasteiger partial charge on any atom is -0.508 e. The standard InChI is InChI=1S/C13H9NO/c1-14-12-7-5-10(6-8-12)11-3-2-4-13(15)9-11/h1-9H/p+1. The Kier molecular flexibility index (Phi) is 2.38. The first-order valence-corrected chi connectivity index (χ1v) is 4.60. The number of phenolic OH excluding ortho intramolecular Hbond substituents is 1. The predicted molar refractivity (Wildman–Crippen MR) is 61.5 cm³/mol. The third-order valence-corrected chi connectivity index (χ3v) is 2.20. The molecule has 0 heterocycles. The lowest BCUT2D eigenvalue weighted by Gasteiger charge is -2.00. The van der Waals surface area contributed by atoms with Gasteiger partial charge in [0.15, 0.2) is 0 Å². The molecule has 0 saturated heterocycles. The van der Waals surface area contributed by atoms with Crippen LogP contribution in [-0.4, -0.2) is 5.11 Å². The molecule has 0 fully saturated rings. The predicted octanol–water partition coefficient (Wildman–Crippen LogP) is 3.65. The zero-order valence-electron chi connectivity index (χ0n) is 8.09. The second kappa shape index (κ2) is 3.85. The lowest BCUT2D eigenvalue weighted by molar-refractivity contribution is 0.475. The summed E-state index contributed by atoms with van der Waals surface area (Å²) >= 11 is 0. The quantitative estimate of drug-likeness (QED) is 0.739. The number of benzene rings is 2. The summed E-state index contributed by atoms with van der Waals surface area (Å²) in [4.78, 5) is 3.57. The lowest BCUT2D eigenvalue weighted by Crippen LogP contribution is -1.75. The van der Waals surface area contributed by atoms with Crippen LogP contribution in [0.5, 0.6) is 5.75 Å². The highest BCUT2D eigenvalue weighted by Crippen LogP contribution is 2.25. The van der Waals surface area contributed by atoms with E-state index in [1.807, 2.05) is 36.4 Å². The van der Waals surface area contributed by atoms with Crippen LogP contribution in [0, 0.1) is 6.57 Å². The second-order valence-corrected chi connectivity index (χ2v) is 3.23. The van der Waals surface area contributed by atoms with E-state index >= 15 is 0 Å². The summed E-state index contributed by atoms with van der Waals surface area (Å²) in [7, 11) is 0. The van der Waals surface area contributed by atoms with Crippen molar-refractivity contribution < 1.29 is 5.11 Å². The molecule has 15 heavy (non-hydrogen) atoms. The van der Waals surface area contributed by atoms with Gasteiger partial charge in [-0.05, 0) is 40.2 Å². The molecule has 72 valence electrons. The Morgan fingerprint density at radius 3 is 2.27 bits per heavy atom. The smallest absolute Gasteiger partial charge is 0.339 e. The molecule has 2 aromatic carbocycles. The van der Waals surface area contributed by atoms with Crippen LogP contribution in [0.2, 0.25) is 0 Å². The van der Waals surface area contributed by atoms with Crippen molar-refractivity contribution in [1.82, 2.24) is 0 Å². The van der Waals surface area contributed by atoms with Crippen molar-refractivity contribution in [3.8, 4) is 23.4 Å². The van der Waals surface area contributed by atoms with Crippen molar-refractivity contribution in [2.45, 2.75) is 0 Å². The van der Waals surface area contributed by atoms with Gasteiger partial charge in [0.2, 0.25) is 0 Å². The van der Waals surface area contributed by atoms with Crippen LogP contribution in [0.25, 0.3) is 16.0 Å². The Morgan fingerprint density at radius 1 is 0.933 bits per heavy atom. The van der Waals surface area contributed by atoms with Gasteiger partial charge in [-0.1, -0.05) is 12.1 Å². The number of hydrogen-bond donors (Lipinski definition) is 1. The Morgan fingerprint density at radius 2 is 1.67 bits per heavy atom. The summed E-state index contributed by atoms with van der Waals surface area (Å²) in [6.07, 6.45) is 0. The molecule has 2 rings (SSSR count). The van der Waals surface area contributed by atoms with Crippen molar-refractivity contribution in [2.24, 2.45) is 0 Å². The molecule has 0 aliphatic heterocycles. The minimum atomic E-state index is 0.264. The third kappa shape index (κ3) is 1.97.